The lowest BCUT2D eigenvalue weighted by molar-refractivity contribution is -0.141. The third-order valence-corrected chi connectivity index (χ3v) is 7.44. The summed E-state index contributed by atoms with van der Waals surface area (Å²) in [4.78, 5) is 28.0. The van der Waals surface area contributed by atoms with E-state index in [1.165, 1.54) is 24.4 Å². The molecule has 0 fully saturated rings. The summed E-state index contributed by atoms with van der Waals surface area (Å²) in [5.41, 5.74) is 7.65. The number of halogens is 1. The molecule has 5 nitrogen and oxygen atoms in total. The second-order valence-electron chi connectivity index (χ2n) is 9.51. The Morgan fingerprint density at radius 3 is 2.11 bits per heavy atom. The predicted molar refractivity (Wildman–Crippen MR) is 148 cm³/mol. The van der Waals surface area contributed by atoms with E-state index in [1.807, 2.05) is 45.0 Å². The molecule has 0 heterocycles. The van der Waals surface area contributed by atoms with Crippen LogP contribution in [-0.4, -0.2) is 42.0 Å². The Bertz CT molecular complexity index is 1260. The number of hydrogen-bond acceptors (Lipinski definition) is 3. The van der Waals surface area contributed by atoms with Gasteiger partial charge in [0.2, 0.25) is 0 Å². The largest absolute Gasteiger partial charge is 0.480 e. The molecule has 6 heteroatoms. The van der Waals surface area contributed by atoms with E-state index >= 15 is 0 Å². The highest BCUT2D eigenvalue weighted by molar-refractivity contribution is 6.31. The molecule has 0 bridgehead atoms. The third-order valence-electron chi connectivity index (χ3n) is 7.01. The van der Waals surface area contributed by atoms with Gasteiger partial charge in [-0.3, -0.25) is 4.79 Å². The standard InChI is InChI=1S/C30H35ClN2O3/c1-8-27(23-12-13-26(31)18(2)14-23)33(7)25-11-9-10-22(17-25)24-15-19(3)28(20(4)16-24)29(34)32(6)21(5)30(35)36/h9-17,21,27H,8H2,1-7H3,(H,35,36)/t21?,27-/m1/s1. The smallest absolute Gasteiger partial charge is 0.326 e. The van der Waals surface area contributed by atoms with Crippen LogP contribution in [0.15, 0.2) is 54.6 Å². The number of nitrogens with zero attached hydrogens (tertiary/aromatic N) is 2. The number of carboxylic acid groups (broad SMARTS) is 1. The van der Waals surface area contributed by atoms with Crippen LogP contribution in [0, 0.1) is 20.8 Å². The van der Waals surface area contributed by atoms with Crippen LogP contribution >= 0.6 is 11.6 Å². The van der Waals surface area contributed by atoms with E-state index in [9.17, 15) is 14.7 Å². The van der Waals surface area contributed by atoms with Crippen LogP contribution in [0.5, 0.6) is 0 Å². The van der Waals surface area contributed by atoms with Crippen molar-refractivity contribution >= 4 is 29.2 Å². The first-order valence-corrected chi connectivity index (χ1v) is 12.5. The monoisotopic (exact) mass is 506 g/mol. The topological polar surface area (TPSA) is 60.9 Å². The molecule has 0 aliphatic carbocycles. The van der Waals surface area contributed by atoms with Crippen molar-refractivity contribution in [2.75, 3.05) is 19.0 Å². The zero-order valence-electron chi connectivity index (χ0n) is 22.1. The van der Waals surface area contributed by atoms with Crippen LogP contribution in [0.1, 0.15) is 58.9 Å². The average molecular weight is 507 g/mol. The number of carbonyl (C=O) groups excluding carboxylic acids is 1. The molecule has 3 rings (SSSR count). The van der Waals surface area contributed by atoms with Crippen LogP contribution in [0.25, 0.3) is 11.1 Å². The van der Waals surface area contributed by atoms with Gasteiger partial charge >= 0.3 is 5.97 Å². The first-order chi connectivity index (χ1) is 17.0. The molecule has 190 valence electrons. The van der Waals surface area contributed by atoms with Gasteiger partial charge in [0.15, 0.2) is 0 Å². The summed E-state index contributed by atoms with van der Waals surface area (Å²) in [6.07, 6.45) is 0.944. The number of carbonyl (C=O) groups is 2. The molecule has 0 spiro atoms. The maximum atomic E-state index is 13.1. The van der Waals surface area contributed by atoms with Crippen molar-refractivity contribution in [2.45, 2.75) is 53.1 Å². The van der Waals surface area contributed by atoms with E-state index in [0.29, 0.717) is 5.56 Å². The first-order valence-electron chi connectivity index (χ1n) is 12.2. The van der Waals surface area contributed by atoms with Gasteiger partial charge in [0, 0.05) is 30.4 Å². The summed E-state index contributed by atoms with van der Waals surface area (Å²) < 4.78 is 0. The minimum atomic E-state index is -1.03. The lowest BCUT2D eigenvalue weighted by atomic mass is 9.94. The number of carboxylic acids is 1. The molecule has 1 amide bonds. The van der Waals surface area contributed by atoms with Gasteiger partial charge in [-0.25, -0.2) is 4.79 Å². The summed E-state index contributed by atoms with van der Waals surface area (Å²) in [5, 5.41) is 10.1. The number of amides is 1. The molecule has 1 N–H and O–H groups in total. The fourth-order valence-electron chi connectivity index (χ4n) is 4.68. The maximum absolute atomic E-state index is 13.1. The Balaban J connectivity index is 1.94. The number of aryl methyl sites for hydroxylation is 3. The zero-order chi connectivity index (χ0) is 26.7. The van der Waals surface area contributed by atoms with Gasteiger partial charge < -0.3 is 14.9 Å². The summed E-state index contributed by atoms with van der Waals surface area (Å²) in [7, 11) is 3.63. The molecule has 0 saturated carbocycles. The molecule has 3 aromatic rings. The Hall–Kier alpha value is -3.31. The van der Waals surface area contributed by atoms with Gasteiger partial charge in [0.05, 0.1) is 6.04 Å². The number of likely N-dealkylation sites (N-methyl/N-ethyl adjacent to an activating group) is 1. The second-order valence-corrected chi connectivity index (χ2v) is 9.92. The number of aliphatic carboxylic acids is 1. The van der Waals surface area contributed by atoms with Crippen molar-refractivity contribution in [1.82, 2.24) is 4.90 Å². The predicted octanol–water partition coefficient (Wildman–Crippen LogP) is 7.06. The second kappa shape index (κ2) is 11.2. The molecule has 0 aliphatic rings. The van der Waals surface area contributed by atoms with E-state index in [0.717, 1.165) is 44.9 Å². The summed E-state index contributed by atoms with van der Waals surface area (Å²) >= 11 is 6.25. The maximum Gasteiger partial charge on any atom is 0.326 e. The molecule has 0 aromatic heterocycles. The minimum absolute atomic E-state index is 0.200. The van der Waals surface area contributed by atoms with Gasteiger partial charge in [0.1, 0.15) is 6.04 Å². The Labute approximate surface area is 219 Å². The number of benzene rings is 3. The van der Waals surface area contributed by atoms with Gasteiger partial charge in [-0.2, -0.15) is 0 Å². The highest BCUT2D eigenvalue weighted by atomic mass is 35.5. The summed E-state index contributed by atoms with van der Waals surface area (Å²) in [5.74, 6) is -1.32. The number of anilines is 1. The van der Waals surface area contributed by atoms with E-state index in [1.54, 1.807) is 0 Å². The van der Waals surface area contributed by atoms with Crippen molar-refractivity contribution in [3.8, 4) is 11.1 Å². The van der Waals surface area contributed by atoms with E-state index in [2.05, 4.69) is 49.2 Å². The SMILES string of the molecule is CC[C@H](c1ccc(Cl)c(C)c1)N(C)c1cccc(-c2cc(C)c(C(=O)N(C)C(C)C(=O)O)c(C)c2)c1. The van der Waals surface area contributed by atoms with Gasteiger partial charge in [-0.1, -0.05) is 54.9 Å². The van der Waals surface area contributed by atoms with E-state index in [4.69, 9.17) is 11.6 Å². The Kier molecular flexibility index (Phi) is 8.47. The fourth-order valence-corrected chi connectivity index (χ4v) is 4.80. The van der Waals surface area contributed by atoms with Crippen LogP contribution in [0.3, 0.4) is 0 Å². The highest BCUT2D eigenvalue weighted by Crippen LogP contribution is 2.34. The van der Waals surface area contributed by atoms with Crippen LogP contribution in [0.2, 0.25) is 5.02 Å². The third kappa shape index (κ3) is 5.57. The van der Waals surface area contributed by atoms with Crippen molar-refractivity contribution < 1.29 is 14.7 Å². The zero-order valence-corrected chi connectivity index (χ0v) is 22.8. The highest BCUT2D eigenvalue weighted by Gasteiger charge is 2.25. The van der Waals surface area contributed by atoms with Crippen molar-refractivity contribution in [3.63, 3.8) is 0 Å². The molecule has 0 aliphatic heterocycles. The molecular formula is C30H35ClN2O3. The van der Waals surface area contributed by atoms with E-state index in [-0.39, 0.29) is 11.9 Å². The summed E-state index contributed by atoms with van der Waals surface area (Å²) in [6, 6.07) is 17.9. The molecule has 2 atom stereocenters. The van der Waals surface area contributed by atoms with Gasteiger partial charge in [0.25, 0.3) is 5.91 Å². The number of hydrogen-bond donors (Lipinski definition) is 1. The van der Waals surface area contributed by atoms with Crippen LogP contribution in [0.4, 0.5) is 5.69 Å². The normalized spacial score (nSPS) is 12.7. The molecule has 1 unspecified atom stereocenters. The van der Waals surface area contributed by atoms with Crippen LogP contribution < -0.4 is 4.90 Å². The van der Waals surface area contributed by atoms with Crippen molar-refractivity contribution in [3.05, 3.63) is 87.4 Å². The minimum Gasteiger partial charge on any atom is -0.480 e. The van der Waals surface area contributed by atoms with Gasteiger partial charge in [-0.05, 0) is 85.7 Å². The van der Waals surface area contributed by atoms with Crippen molar-refractivity contribution in [2.24, 2.45) is 0 Å². The average Bonchev–Trinajstić information content (AvgIpc) is 2.85. The first kappa shape index (κ1) is 27.3. The quantitative estimate of drug-likeness (QED) is 0.355. The van der Waals surface area contributed by atoms with E-state index < -0.39 is 12.0 Å². The molecule has 36 heavy (non-hydrogen) atoms. The Morgan fingerprint density at radius 1 is 0.917 bits per heavy atom. The van der Waals surface area contributed by atoms with Crippen molar-refractivity contribution in [1.29, 1.82) is 0 Å². The molecular weight excluding hydrogens is 472 g/mol. The Morgan fingerprint density at radius 2 is 1.56 bits per heavy atom. The fraction of sp³-hybridized carbons (Fsp3) is 0.333. The lowest BCUT2D eigenvalue weighted by Crippen LogP contribution is -2.40. The lowest BCUT2D eigenvalue weighted by Gasteiger charge is -2.30. The number of rotatable bonds is 8. The molecule has 0 saturated heterocycles. The van der Waals surface area contributed by atoms with Gasteiger partial charge in [-0.15, -0.1) is 0 Å². The van der Waals surface area contributed by atoms with Crippen LogP contribution in [-0.2, 0) is 4.79 Å². The molecule has 3 aromatic carbocycles. The molecule has 0 radical (unpaired) electrons. The summed E-state index contributed by atoms with van der Waals surface area (Å²) in [6.45, 7) is 9.51.